The summed E-state index contributed by atoms with van der Waals surface area (Å²) in [6, 6.07) is 11.3. The lowest BCUT2D eigenvalue weighted by atomic mass is 9.96. The Labute approximate surface area is 197 Å². The second kappa shape index (κ2) is 10.0. The van der Waals surface area contributed by atoms with Crippen LogP contribution in [0, 0.1) is 12.8 Å². The molecule has 1 atom stereocenters. The fraction of sp³-hybridized carbons (Fsp3) is 0.375. The molecule has 0 saturated carbocycles. The molecular formula is C24H26Cl2N4O2. The molecule has 1 aliphatic rings. The molecule has 168 valence electrons. The number of piperidine rings is 1. The molecule has 0 bridgehead atoms. The number of hydrogen-bond donors (Lipinski definition) is 1. The maximum absolute atomic E-state index is 13.0. The molecule has 8 heteroatoms. The molecule has 6 nitrogen and oxygen atoms in total. The first-order valence-corrected chi connectivity index (χ1v) is 11.6. The highest BCUT2D eigenvalue weighted by Gasteiger charge is 2.27. The van der Waals surface area contributed by atoms with Gasteiger partial charge >= 0.3 is 0 Å². The first-order chi connectivity index (χ1) is 15.4. The second-order valence-corrected chi connectivity index (χ2v) is 9.01. The van der Waals surface area contributed by atoms with Crippen LogP contribution in [0.3, 0.4) is 0 Å². The fourth-order valence-electron chi connectivity index (χ4n) is 4.13. The van der Waals surface area contributed by atoms with E-state index in [1.165, 1.54) is 0 Å². The molecule has 0 spiro atoms. The highest BCUT2D eigenvalue weighted by Crippen LogP contribution is 2.29. The van der Waals surface area contributed by atoms with Gasteiger partial charge in [-0.25, -0.2) is 0 Å². The van der Waals surface area contributed by atoms with Crippen LogP contribution in [0.25, 0.3) is 11.4 Å². The van der Waals surface area contributed by atoms with E-state index in [-0.39, 0.29) is 11.8 Å². The van der Waals surface area contributed by atoms with Crippen molar-refractivity contribution >= 4 is 34.8 Å². The SMILES string of the molecule is CCc1cccc(C)c1NC(=O)C1CCCN(Cc2nc(-c3ccc(Cl)cc3Cl)no2)C1. The van der Waals surface area contributed by atoms with Crippen LogP contribution in [0.1, 0.15) is 36.8 Å². The number of anilines is 1. The van der Waals surface area contributed by atoms with Crippen molar-refractivity contribution in [2.24, 2.45) is 5.92 Å². The maximum atomic E-state index is 13.0. The third kappa shape index (κ3) is 5.14. The first-order valence-electron chi connectivity index (χ1n) is 10.8. The molecule has 1 unspecified atom stereocenters. The minimum absolute atomic E-state index is 0.0675. The number of halogens is 2. The molecule has 2 aromatic carbocycles. The molecule has 1 N–H and O–H groups in total. The van der Waals surface area contributed by atoms with Gasteiger partial charge in [-0.15, -0.1) is 0 Å². The van der Waals surface area contributed by atoms with E-state index in [9.17, 15) is 4.79 Å². The minimum atomic E-state index is -0.0823. The standard InChI is InChI=1S/C24H26Cl2N4O2/c1-3-16-7-4-6-15(2)22(16)28-24(31)17-8-5-11-30(13-17)14-21-27-23(29-32-21)19-10-9-18(25)12-20(19)26/h4,6-7,9-10,12,17H,3,5,8,11,13-14H2,1-2H3,(H,28,31). The molecule has 32 heavy (non-hydrogen) atoms. The van der Waals surface area contributed by atoms with Gasteiger partial charge in [-0.1, -0.05) is 53.5 Å². The Morgan fingerprint density at radius 1 is 1.28 bits per heavy atom. The summed E-state index contributed by atoms with van der Waals surface area (Å²) in [5.41, 5.74) is 3.86. The number of carbonyl (C=O) groups excluding carboxylic acids is 1. The van der Waals surface area contributed by atoms with E-state index in [2.05, 4.69) is 33.3 Å². The van der Waals surface area contributed by atoms with Crippen LogP contribution in [0.5, 0.6) is 0 Å². The number of benzene rings is 2. The average Bonchev–Trinajstić information content (AvgIpc) is 3.23. The van der Waals surface area contributed by atoms with Gasteiger partial charge in [-0.3, -0.25) is 9.69 Å². The van der Waals surface area contributed by atoms with Gasteiger partial charge in [-0.2, -0.15) is 4.98 Å². The number of aryl methyl sites for hydroxylation is 2. The van der Waals surface area contributed by atoms with E-state index in [0.29, 0.717) is 40.4 Å². The molecule has 2 heterocycles. The zero-order valence-corrected chi connectivity index (χ0v) is 19.7. The van der Waals surface area contributed by atoms with Crippen LogP contribution < -0.4 is 5.32 Å². The van der Waals surface area contributed by atoms with Crippen LogP contribution in [-0.4, -0.2) is 34.0 Å². The lowest BCUT2D eigenvalue weighted by Gasteiger charge is -2.31. The van der Waals surface area contributed by atoms with Crippen LogP contribution in [0.15, 0.2) is 40.9 Å². The van der Waals surface area contributed by atoms with Gasteiger partial charge in [0.05, 0.1) is 17.5 Å². The summed E-state index contributed by atoms with van der Waals surface area (Å²) < 4.78 is 5.45. The van der Waals surface area contributed by atoms with Crippen molar-refractivity contribution in [2.45, 2.75) is 39.7 Å². The summed E-state index contributed by atoms with van der Waals surface area (Å²) in [6.45, 7) is 6.16. The van der Waals surface area contributed by atoms with E-state index in [0.717, 1.165) is 42.6 Å². The summed E-state index contributed by atoms with van der Waals surface area (Å²) in [5.74, 6) is 0.915. The van der Waals surface area contributed by atoms with E-state index in [1.807, 2.05) is 19.1 Å². The maximum Gasteiger partial charge on any atom is 0.241 e. The molecule has 0 aliphatic carbocycles. The molecule has 1 saturated heterocycles. The van der Waals surface area contributed by atoms with Crippen molar-refractivity contribution in [3.05, 3.63) is 63.5 Å². The first kappa shape index (κ1) is 22.8. The lowest BCUT2D eigenvalue weighted by Crippen LogP contribution is -2.40. The number of nitrogens with zero attached hydrogens (tertiary/aromatic N) is 3. The van der Waals surface area contributed by atoms with Gasteiger partial charge in [0, 0.05) is 22.8 Å². The quantitative estimate of drug-likeness (QED) is 0.493. The Morgan fingerprint density at radius 3 is 2.91 bits per heavy atom. The molecule has 0 radical (unpaired) electrons. The van der Waals surface area contributed by atoms with Gasteiger partial charge in [0.1, 0.15) is 0 Å². The summed E-state index contributed by atoms with van der Waals surface area (Å²) >= 11 is 12.2. The number of para-hydroxylation sites is 1. The van der Waals surface area contributed by atoms with Crippen molar-refractivity contribution in [1.29, 1.82) is 0 Å². The topological polar surface area (TPSA) is 71.3 Å². The number of nitrogens with one attached hydrogen (secondary N) is 1. The predicted octanol–water partition coefficient (Wildman–Crippen LogP) is 5.76. The number of amides is 1. The van der Waals surface area contributed by atoms with Crippen LogP contribution in [0.4, 0.5) is 5.69 Å². The van der Waals surface area contributed by atoms with E-state index < -0.39 is 0 Å². The van der Waals surface area contributed by atoms with Crippen molar-refractivity contribution in [3.8, 4) is 11.4 Å². The molecule has 1 fully saturated rings. The Bertz CT molecular complexity index is 1120. The Morgan fingerprint density at radius 2 is 2.12 bits per heavy atom. The van der Waals surface area contributed by atoms with Crippen LogP contribution >= 0.6 is 23.2 Å². The van der Waals surface area contributed by atoms with Gasteiger partial charge in [0.15, 0.2) is 0 Å². The zero-order chi connectivity index (χ0) is 22.7. The van der Waals surface area contributed by atoms with Crippen molar-refractivity contribution in [3.63, 3.8) is 0 Å². The predicted molar refractivity (Wildman–Crippen MR) is 127 cm³/mol. The van der Waals surface area contributed by atoms with Crippen molar-refractivity contribution in [2.75, 3.05) is 18.4 Å². The number of likely N-dealkylation sites (tertiary alicyclic amines) is 1. The zero-order valence-electron chi connectivity index (χ0n) is 18.2. The van der Waals surface area contributed by atoms with E-state index in [4.69, 9.17) is 27.7 Å². The third-order valence-corrected chi connectivity index (χ3v) is 6.41. The smallest absolute Gasteiger partial charge is 0.241 e. The minimum Gasteiger partial charge on any atom is -0.338 e. The summed E-state index contributed by atoms with van der Waals surface area (Å²) in [5, 5.41) is 8.27. The molecule has 1 aliphatic heterocycles. The fourth-order valence-corrected chi connectivity index (χ4v) is 4.62. The summed E-state index contributed by atoms with van der Waals surface area (Å²) in [4.78, 5) is 19.7. The highest BCUT2D eigenvalue weighted by molar-refractivity contribution is 6.36. The van der Waals surface area contributed by atoms with E-state index in [1.54, 1.807) is 18.2 Å². The van der Waals surface area contributed by atoms with Crippen molar-refractivity contribution < 1.29 is 9.32 Å². The van der Waals surface area contributed by atoms with E-state index >= 15 is 0 Å². The molecule has 1 aromatic heterocycles. The molecule has 3 aromatic rings. The van der Waals surface area contributed by atoms with Gasteiger partial charge in [0.25, 0.3) is 0 Å². The normalized spacial score (nSPS) is 16.8. The van der Waals surface area contributed by atoms with Crippen molar-refractivity contribution in [1.82, 2.24) is 15.0 Å². The number of rotatable bonds is 6. The number of hydrogen-bond acceptors (Lipinski definition) is 5. The van der Waals surface area contributed by atoms with Gasteiger partial charge in [0.2, 0.25) is 17.6 Å². The molecule has 4 rings (SSSR count). The third-order valence-electron chi connectivity index (χ3n) is 5.86. The van der Waals surface area contributed by atoms with Crippen LogP contribution in [-0.2, 0) is 17.8 Å². The summed E-state index contributed by atoms with van der Waals surface area (Å²) in [7, 11) is 0. The largest absolute Gasteiger partial charge is 0.338 e. The highest BCUT2D eigenvalue weighted by atomic mass is 35.5. The number of aromatic nitrogens is 2. The van der Waals surface area contributed by atoms with Gasteiger partial charge < -0.3 is 9.84 Å². The monoisotopic (exact) mass is 472 g/mol. The average molecular weight is 473 g/mol. The van der Waals surface area contributed by atoms with Gasteiger partial charge in [-0.05, 0) is 62.1 Å². The molecular weight excluding hydrogens is 447 g/mol. The second-order valence-electron chi connectivity index (χ2n) is 8.16. The molecule has 1 amide bonds. The number of carbonyl (C=O) groups is 1. The Kier molecular flexibility index (Phi) is 7.13. The Hall–Kier alpha value is -2.41. The van der Waals surface area contributed by atoms with Crippen LogP contribution in [0.2, 0.25) is 10.0 Å². The summed E-state index contributed by atoms with van der Waals surface area (Å²) in [6.07, 6.45) is 2.69. The Balaban J connectivity index is 1.41. The lowest BCUT2D eigenvalue weighted by molar-refractivity contribution is -0.121.